The van der Waals surface area contributed by atoms with Gasteiger partial charge < -0.3 is 10.1 Å². The Labute approximate surface area is 157 Å². The Kier molecular flexibility index (Phi) is 4.92. The predicted octanol–water partition coefficient (Wildman–Crippen LogP) is 3.11. The van der Waals surface area contributed by atoms with Crippen LogP contribution in [0.2, 0.25) is 0 Å². The minimum Gasteiger partial charge on any atom is -0.462 e. The van der Waals surface area contributed by atoms with Crippen molar-refractivity contribution in [2.24, 2.45) is 23.2 Å². The van der Waals surface area contributed by atoms with Crippen LogP contribution in [0.5, 0.6) is 0 Å². The van der Waals surface area contributed by atoms with E-state index in [0.29, 0.717) is 17.3 Å². The summed E-state index contributed by atoms with van der Waals surface area (Å²) in [6.45, 7) is 8.66. The molecule has 2 saturated carbocycles. The number of hydrogen-bond donors (Lipinski definition) is 1. The lowest BCUT2D eigenvalue weighted by molar-refractivity contribution is -0.658. The first-order valence-electron chi connectivity index (χ1n) is 10.3. The number of hydrogen-bond acceptors (Lipinski definition) is 2. The van der Waals surface area contributed by atoms with Gasteiger partial charge in [0.05, 0.1) is 13.1 Å². The van der Waals surface area contributed by atoms with Gasteiger partial charge in [0.1, 0.15) is 12.0 Å². The van der Waals surface area contributed by atoms with Crippen molar-refractivity contribution in [2.75, 3.05) is 13.1 Å². The summed E-state index contributed by atoms with van der Waals surface area (Å²) < 4.78 is 5.85. The topological polar surface area (TPSA) is 42.9 Å². The molecule has 140 valence electrons. The maximum atomic E-state index is 12.5. The molecule has 3 fully saturated rings. The van der Waals surface area contributed by atoms with Crippen LogP contribution in [0, 0.1) is 23.2 Å². The Morgan fingerprint density at radius 3 is 2.92 bits per heavy atom. The quantitative estimate of drug-likeness (QED) is 0.502. The van der Waals surface area contributed by atoms with E-state index in [1.807, 2.05) is 0 Å². The number of esters is 1. The Balaban J connectivity index is 1.36. The number of rotatable bonds is 5. The van der Waals surface area contributed by atoms with Crippen LogP contribution in [-0.4, -0.2) is 25.2 Å². The lowest BCUT2D eigenvalue weighted by Gasteiger charge is -2.49. The van der Waals surface area contributed by atoms with Crippen molar-refractivity contribution in [2.45, 2.75) is 51.6 Å². The molecule has 4 rings (SSSR count). The number of nitrogens with two attached hydrogens (primary N) is 1. The minimum atomic E-state index is 0.0452. The SMILES string of the molecule is C=C1CCC[C@@]2(C)C[C@H]3OC(=O)[C@@H](C[NH2+]CCc4ccccc4)[C@@H]3C[C@H]12. The van der Waals surface area contributed by atoms with E-state index >= 15 is 0 Å². The van der Waals surface area contributed by atoms with Crippen molar-refractivity contribution in [3.8, 4) is 0 Å². The molecule has 1 heterocycles. The van der Waals surface area contributed by atoms with Gasteiger partial charge in [-0.05, 0) is 49.0 Å². The van der Waals surface area contributed by atoms with E-state index in [0.717, 1.165) is 32.4 Å². The third-order valence-corrected chi connectivity index (χ3v) is 7.22. The molecule has 1 aromatic rings. The molecule has 0 radical (unpaired) electrons. The summed E-state index contributed by atoms with van der Waals surface area (Å²) in [5.41, 5.74) is 3.08. The van der Waals surface area contributed by atoms with Gasteiger partial charge >= 0.3 is 5.97 Å². The summed E-state index contributed by atoms with van der Waals surface area (Å²) >= 11 is 0. The molecular weight excluding hydrogens is 322 g/mol. The van der Waals surface area contributed by atoms with E-state index in [4.69, 9.17) is 4.74 Å². The smallest absolute Gasteiger partial charge is 0.315 e. The summed E-state index contributed by atoms with van der Waals surface area (Å²) in [5, 5.41) is 2.31. The van der Waals surface area contributed by atoms with Crippen molar-refractivity contribution in [3.63, 3.8) is 0 Å². The minimum absolute atomic E-state index is 0.0452. The number of ether oxygens (including phenoxy) is 1. The fourth-order valence-corrected chi connectivity index (χ4v) is 5.74. The maximum absolute atomic E-state index is 12.5. The molecule has 3 heteroatoms. The highest BCUT2D eigenvalue weighted by Crippen LogP contribution is 2.56. The molecule has 1 aromatic carbocycles. The van der Waals surface area contributed by atoms with Gasteiger partial charge in [-0.2, -0.15) is 0 Å². The fourth-order valence-electron chi connectivity index (χ4n) is 5.74. The normalized spacial score (nSPS) is 36.3. The molecular formula is C23H32NO2+. The van der Waals surface area contributed by atoms with Gasteiger partial charge in [0, 0.05) is 12.3 Å². The van der Waals surface area contributed by atoms with E-state index in [9.17, 15) is 4.79 Å². The summed E-state index contributed by atoms with van der Waals surface area (Å²) in [7, 11) is 0. The monoisotopic (exact) mass is 354 g/mol. The van der Waals surface area contributed by atoms with Crippen LogP contribution in [0.4, 0.5) is 0 Å². The van der Waals surface area contributed by atoms with Crippen molar-refractivity contribution >= 4 is 5.97 Å². The van der Waals surface area contributed by atoms with Crippen LogP contribution in [-0.2, 0) is 16.0 Å². The van der Waals surface area contributed by atoms with Gasteiger partial charge in [0.25, 0.3) is 0 Å². The van der Waals surface area contributed by atoms with E-state index in [1.165, 1.54) is 30.4 Å². The summed E-state index contributed by atoms with van der Waals surface area (Å²) in [5.74, 6) is 1.08. The van der Waals surface area contributed by atoms with E-state index in [2.05, 4.69) is 49.2 Å². The highest BCUT2D eigenvalue weighted by Gasteiger charge is 2.55. The molecule has 0 amide bonds. The number of carbonyl (C=O) groups is 1. The molecule has 0 aromatic heterocycles. The van der Waals surface area contributed by atoms with Crippen molar-refractivity contribution in [1.29, 1.82) is 0 Å². The third kappa shape index (κ3) is 3.34. The Morgan fingerprint density at radius 2 is 2.12 bits per heavy atom. The van der Waals surface area contributed by atoms with Crippen LogP contribution < -0.4 is 5.32 Å². The highest BCUT2D eigenvalue weighted by atomic mass is 16.6. The van der Waals surface area contributed by atoms with Crippen LogP contribution in [0.25, 0.3) is 0 Å². The van der Waals surface area contributed by atoms with Gasteiger partial charge in [-0.1, -0.05) is 49.4 Å². The van der Waals surface area contributed by atoms with Crippen molar-refractivity contribution in [3.05, 3.63) is 48.0 Å². The van der Waals surface area contributed by atoms with Gasteiger partial charge in [0.2, 0.25) is 0 Å². The molecule has 26 heavy (non-hydrogen) atoms. The second-order valence-electron chi connectivity index (χ2n) is 8.95. The fraction of sp³-hybridized carbons (Fsp3) is 0.609. The zero-order valence-electron chi connectivity index (χ0n) is 16.0. The Hall–Kier alpha value is -1.61. The van der Waals surface area contributed by atoms with Crippen molar-refractivity contribution < 1.29 is 14.8 Å². The third-order valence-electron chi connectivity index (χ3n) is 7.22. The molecule has 0 unspecified atom stereocenters. The average molecular weight is 355 g/mol. The standard InChI is InChI=1S/C23H31NO2/c1-16-7-6-11-23(2)14-21-18(13-20(16)23)19(22(25)26-21)15-24-12-10-17-8-4-3-5-9-17/h3-5,8-9,18-21,24H,1,6-7,10-15H2,2H3/p+1/t18-,19-,20+,21+,23-/m0/s1. The summed E-state index contributed by atoms with van der Waals surface area (Å²) in [6, 6.07) is 10.6. The maximum Gasteiger partial charge on any atom is 0.315 e. The first kappa shape index (κ1) is 17.8. The number of allylic oxidation sites excluding steroid dienone is 1. The van der Waals surface area contributed by atoms with Gasteiger partial charge in [-0.3, -0.25) is 4.79 Å². The number of quaternary nitrogens is 1. The molecule has 3 nitrogen and oxygen atoms in total. The number of benzene rings is 1. The first-order valence-corrected chi connectivity index (χ1v) is 10.3. The lowest BCUT2D eigenvalue weighted by Crippen LogP contribution is -2.86. The molecule has 3 aliphatic rings. The number of fused-ring (bicyclic) bond motifs is 2. The second kappa shape index (κ2) is 7.19. The summed E-state index contributed by atoms with van der Waals surface area (Å²) in [6.07, 6.45) is 6.99. The van der Waals surface area contributed by atoms with Crippen LogP contribution >= 0.6 is 0 Å². The van der Waals surface area contributed by atoms with E-state index in [-0.39, 0.29) is 18.0 Å². The van der Waals surface area contributed by atoms with Crippen molar-refractivity contribution in [1.82, 2.24) is 0 Å². The molecule has 0 bridgehead atoms. The molecule has 2 N–H and O–H groups in total. The molecule has 5 atom stereocenters. The lowest BCUT2D eigenvalue weighted by atomic mass is 9.55. The van der Waals surface area contributed by atoms with Gasteiger partial charge in [-0.15, -0.1) is 0 Å². The largest absolute Gasteiger partial charge is 0.462 e. The predicted molar refractivity (Wildman–Crippen MR) is 102 cm³/mol. The van der Waals surface area contributed by atoms with E-state index < -0.39 is 0 Å². The Bertz CT molecular complexity index is 670. The molecule has 1 saturated heterocycles. The zero-order chi connectivity index (χ0) is 18.1. The van der Waals surface area contributed by atoms with Gasteiger partial charge in [-0.25, -0.2) is 0 Å². The average Bonchev–Trinajstić information content (AvgIpc) is 2.92. The van der Waals surface area contributed by atoms with Crippen LogP contribution in [0.3, 0.4) is 0 Å². The number of carbonyl (C=O) groups excluding carboxylic acids is 1. The Morgan fingerprint density at radius 1 is 1.31 bits per heavy atom. The molecule has 0 spiro atoms. The van der Waals surface area contributed by atoms with Crippen LogP contribution in [0.1, 0.15) is 44.6 Å². The zero-order valence-corrected chi connectivity index (χ0v) is 16.0. The first-order chi connectivity index (χ1) is 12.6. The molecule has 1 aliphatic heterocycles. The highest BCUT2D eigenvalue weighted by molar-refractivity contribution is 5.75. The molecule has 2 aliphatic carbocycles. The van der Waals surface area contributed by atoms with Gasteiger partial charge in [0.15, 0.2) is 0 Å². The van der Waals surface area contributed by atoms with Crippen LogP contribution in [0.15, 0.2) is 42.5 Å². The van der Waals surface area contributed by atoms with E-state index in [1.54, 1.807) is 0 Å². The second-order valence-corrected chi connectivity index (χ2v) is 8.95. The summed E-state index contributed by atoms with van der Waals surface area (Å²) in [4.78, 5) is 12.5.